The molecule has 0 radical (unpaired) electrons. The van der Waals surface area contributed by atoms with Gasteiger partial charge in [0, 0.05) is 41.9 Å². The first-order valence-electron chi connectivity index (χ1n) is 14.6. The third-order valence-electron chi connectivity index (χ3n) is 8.86. The summed E-state index contributed by atoms with van der Waals surface area (Å²) < 4.78 is 24.7. The van der Waals surface area contributed by atoms with Crippen LogP contribution in [0.5, 0.6) is 0 Å². The molecule has 1 aliphatic heterocycles. The number of amides is 2. The fraction of sp³-hybridized carbons (Fsp3) is 0.469. The second kappa shape index (κ2) is 13.0. The number of ether oxygens (including phenoxy) is 1. The van der Waals surface area contributed by atoms with E-state index in [-0.39, 0.29) is 37.2 Å². The molecule has 2 fully saturated rings. The quantitative estimate of drug-likeness (QED) is 0.243. The predicted molar refractivity (Wildman–Crippen MR) is 154 cm³/mol. The molecular weight excluding hydrogens is 541 g/mol. The van der Waals surface area contributed by atoms with Gasteiger partial charge < -0.3 is 30.6 Å². The van der Waals surface area contributed by atoms with Crippen molar-refractivity contribution in [1.29, 1.82) is 0 Å². The smallest absolute Gasteiger partial charge is 0.374 e. The average molecular weight is 580 g/mol. The van der Waals surface area contributed by atoms with E-state index in [4.69, 9.17) is 25.7 Å². The molecular formula is C32H38FN3O6. The van der Waals surface area contributed by atoms with Crippen LogP contribution in [0.1, 0.15) is 72.2 Å². The largest absolute Gasteiger partial charge is 0.460 e. The van der Waals surface area contributed by atoms with Crippen LogP contribution in [0, 0.1) is 11.8 Å². The molecule has 1 unspecified atom stereocenters. The Morgan fingerprint density at radius 1 is 1.05 bits per heavy atom. The Morgan fingerprint density at radius 3 is 2.40 bits per heavy atom. The van der Waals surface area contributed by atoms with E-state index in [1.165, 1.54) is 0 Å². The molecule has 1 aliphatic carbocycles. The third-order valence-corrected chi connectivity index (χ3v) is 8.86. The molecule has 10 heteroatoms. The first-order chi connectivity index (χ1) is 20.3. The molecule has 0 bridgehead atoms. The SMILES string of the molecule is NC(=O)[C@@H]1[C@@H](c2ccccc2)CC(c2c(C(=O)OCCCO)oc3ccccc23)N1C(=O)[C@H]1CC[C@H]([C@H](N)CF)CC1. The van der Waals surface area contributed by atoms with Crippen molar-refractivity contribution in [2.24, 2.45) is 23.3 Å². The van der Waals surface area contributed by atoms with Crippen LogP contribution in [0.4, 0.5) is 4.39 Å². The second-order valence-corrected chi connectivity index (χ2v) is 11.3. The zero-order valence-electron chi connectivity index (χ0n) is 23.5. The minimum Gasteiger partial charge on any atom is -0.460 e. The maximum Gasteiger partial charge on any atom is 0.374 e. The summed E-state index contributed by atoms with van der Waals surface area (Å²) in [5.41, 5.74) is 13.8. The van der Waals surface area contributed by atoms with Crippen molar-refractivity contribution in [3.8, 4) is 0 Å². The Kier molecular flexibility index (Phi) is 9.23. The van der Waals surface area contributed by atoms with E-state index in [9.17, 15) is 18.8 Å². The van der Waals surface area contributed by atoms with E-state index in [0.29, 0.717) is 48.6 Å². The van der Waals surface area contributed by atoms with Crippen molar-refractivity contribution in [1.82, 2.24) is 4.90 Å². The number of halogens is 1. The standard InChI is InChI=1S/C32H38FN3O6/c33-18-24(34)20-11-13-21(14-12-20)31(39)36-25(17-23(28(36)30(35)38)19-7-2-1-3-8-19)27-22-9-4-5-10-26(22)42-29(27)32(40)41-16-6-15-37/h1-5,7-10,20-21,23-25,28,37H,6,11-18,34H2,(H2,35,38)/t20-,21-,23-,24-,25?,28+/m1/s1. The van der Waals surface area contributed by atoms with Gasteiger partial charge in [0.2, 0.25) is 17.6 Å². The number of aliphatic hydroxyl groups is 1. The summed E-state index contributed by atoms with van der Waals surface area (Å²) in [6, 6.07) is 14.4. The summed E-state index contributed by atoms with van der Waals surface area (Å²) >= 11 is 0. The van der Waals surface area contributed by atoms with Crippen LogP contribution in [0.25, 0.3) is 11.0 Å². The molecule has 9 nitrogen and oxygen atoms in total. The van der Waals surface area contributed by atoms with Gasteiger partial charge in [-0.05, 0) is 49.7 Å². The maximum atomic E-state index is 14.4. The first-order valence-corrected chi connectivity index (χ1v) is 14.6. The highest BCUT2D eigenvalue weighted by atomic mass is 19.1. The van der Waals surface area contributed by atoms with E-state index >= 15 is 0 Å². The number of alkyl halides is 1. The highest BCUT2D eigenvalue weighted by Gasteiger charge is 2.51. The van der Waals surface area contributed by atoms with Crippen LogP contribution in [-0.4, -0.2) is 59.8 Å². The van der Waals surface area contributed by atoms with Gasteiger partial charge >= 0.3 is 5.97 Å². The fourth-order valence-electron chi connectivity index (χ4n) is 6.75. The monoisotopic (exact) mass is 579 g/mol. The van der Waals surface area contributed by atoms with Crippen molar-refractivity contribution >= 4 is 28.8 Å². The van der Waals surface area contributed by atoms with Gasteiger partial charge in [-0.15, -0.1) is 0 Å². The molecule has 0 spiro atoms. The number of carbonyl (C=O) groups is 3. The maximum absolute atomic E-state index is 14.4. The van der Waals surface area contributed by atoms with E-state index in [2.05, 4.69) is 0 Å². The van der Waals surface area contributed by atoms with Crippen molar-refractivity contribution in [2.75, 3.05) is 19.9 Å². The normalized spacial score (nSPS) is 24.9. The average Bonchev–Trinajstić information content (AvgIpc) is 3.60. The lowest BCUT2D eigenvalue weighted by molar-refractivity contribution is -0.144. The summed E-state index contributed by atoms with van der Waals surface area (Å²) in [4.78, 5) is 42.5. The number of benzene rings is 2. The Labute approximate surface area is 244 Å². The topological polar surface area (TPSA) is 149 Å². The molecule has 2 heterocycles. The minimum absolute atomic E-state index is 0.0000605. The molecule has 5 rings (SSSR count). The number of furan rings is 1. The summed E-state index contributed by atoms with van der Waals surface area (Å²) in [6.45, 7) is -0.743. The number of esters is 1. The number of para-hydroxylation sites is 1. The molecule has 1 aromatic heterocycles. The minimum atomic E-state index is -0.956. The van der Waals surface area contributed by atoms with Crippen molar-refractivity contribution in [3.63, 3.8) is 0 Å². The lowest BCUT2D eigenvalue weighted by atomic mass is 9.78. The zero-order chi connectivity index (χ0) is 29.8. The lowest BCUT2D eigenvalue weighted by Gasteiger charge is -2.36. The Morgan fingerprint density at radius 2 is 1.74 bits per heavy atom. The van der Waals surface area contributed by atoms with Crippen molar-refractivity contribution < 1.29 is 33.0 Å². The Balaban J connectivity index is 1.58. The van der Waals surface area contributed by atoms with E-state index in [1.807, 2.05) is 42.5 Å². The van der Waals surface area contributed by atoms with Crippen LogP contribution < -0.4 is 11.5 Å². The van der Waals surface area contributed by atoms with Crippen LogP contribution >= 0.6 is 0 Å². The van der Waals surface area contributed by atoms with Gasteiger partial charge in [0.25, 0.3) is 0 Å². The Hall–Kier alpha value is -3.76. The van der Waals surface area contributed by atoms with E-state index in [1.54, 1.807) is 17.0 Å². The number of hydrogen-bond donors (Lipinski definition) is 3. The summed E-state index contributed by atoms with van der Waals surface area (Å²) in [5.74, 6) is -2.42. The number of nitrogens with zero attached hydrogens (tertiary/aromatic N) is 1. The summed E-state index contributed by atoms with van der Waals surface area (Å²) in [5, 5.41) is 9.80. The molecule has 1 saturated heterocycles. The van der Waals surface area contributed by atoms with Crippen molar-refractivity contribution in [3.05, 3.63) is 71.5 Å². The number of hydrogen-bond acceptors (Lipinski definition) is 7. The van der Waals surface area contributed by atoms with E-state index in [0.717, 1.165) is 5.56 Å². The molecule has 224 valence electrons. The number of aliphatic hydroxyl groups excluding tert-OH is 1. The number of carbonyl (C=O) groups excluding carboxylic acids is 3. The van der Waals surface area contributed by atoms with Gasteiger partial charge in [0.1, 0.15) is 18.3 Å². The highest BCUT2D eigenvalue weighted by molar-refractivity contribution is 5.98. The number of fused-ring (bicyclic) bond motifs is 1. The van der Waals surface area contributed by atoms with Crippen LogP contribution in [0.3, 0.4) is 0 Å². The van der Waals surface area contributed by atoms with Gasteiger partial charge in [-0.2, -0.15) is 0 Å². The van der Waals surface area contributed by atoms with Crippen LogP contribution in [-0.2, 0) is 14.3 Å². The van der Waals surface area contributed by atoms with Gasteiger partial charge in [-0.25, -0.2) is 9.18 Å². The highest BCUT2D eigenvalue weighted by Crippen LogP contribution is 2.50. The van der Waals surface area contributed by atoms with Gasteiger partial charge in [-0.3, -0.25) is 9.59 Å². The predicted octanol–water partition coefficient (Wildman–Crippen LogP) is 3.99. The molecule has 2 aliphatic rings. The molecule has 42 heavy (non-hydrogen) atoms. The molecule has 1 saturated carbocycles. The number of likely N-dealkylation sites (tertiary alicyclic amines) is 1. The molecule has 3 aromatic rings. The first kappa shape index (κ1) is 29.7. The molecule has 4 atom stereocenters. The van der Waals surface area contributed by atoms with Gasteiger partial charge in [0.15, 0.2) is 0 Å². The third kappa shape index (κ3) is 5.78. The van der Waals surface area contributed by atoms with Gasteiger partial charge in [0.05, 0.1) is 12.6 Å². The molecule has 2 amide bonds. The zero-order valence-corrected chi connectivity index (χ0v) is 23.5. The van der Waals surface area contributed by atoms with E-state index < -0.39 is 48.5 Å². The molecule has 2 aromatic carbocycles. The number of rotatable bonds is 10. The Bertz CT molecular complexity index is 1400. The number of nitrogens with two attached hydrogens (primary N) is 2. The second-order valence-electron chi connectivity index (χ2n) is 11.3. The fourth-order valence-corrected chi connectivity index (χ4v) is 6.75. The molecule has 5 N–H and O–H groups in total. The van der Waals surface area contributed by atoms with Crippen LogP contribution in [0.15, 0.2) is 59.0 Å². The number of primary amides is 1. The van der Waals surface area contributed by atoms with Crippen molar-refractivity contribution in [2.45, 2.75) is 62.6 Å². The summed E-state index contributed by atoms with van der Waals surface area (Å²) in [6.07, 6.45) is 2.87. The lowest BCUT2D eigenvalue weighted by Crippen LogP contribution is -2.49. The van der Waals surface area contributed by atoms with Gasteiger partial charge in [-0.1, -0.05) is 48.5 Å². The van der Waals surface area contributed by atoms with Crippen LogP contribution in [0.2, 0.25) is 0 Å². The summed E-state index contributed by atoms with van der Waals surface area (Å²) in [7, 11) is 0.